The van der Waals surface area contributed by atoms with E-state index in [1.165, 1.54) is 128 Å². The van der Waals surface area contributed by atoms with Crippen molar-refractivity contribution in [1.29, 1.82) is 0 Å². The number of hydrogen-bond donors (Lipinski definition) is 3. The lowest BCUT2D eigenvalue weighted by Gasteiger charge is -2.21. The van der Waals surface area contributed by atoms with Gasteiger partial charge in [-0.05, 0) is 49.4 Å². The largest absolute Gasteiger partial charge is 0.472 e. The van der Waals surface area contributed by atoms with Crippen LogP contribution in [0, 0.1) is 23.7 Å². The Labute approximate surface area is 530 Å². The van der Waals surface area contributed by atoms with Crippen LogP contribution in [0.2, 0.25) is 0 Å². The first-order valence-corrected chi connectivity index (χ1v) is 38.3. The number of carbonyl (C=O) groups excluding carboxylic acids is 4. The van der Waals surface area contributed by atoms with Gasteiger partial charge in [0.1, 0.15) is 19.3 Å². The van der Waals surface area contributed by atoms with Crippen LogP contribution in [-0.4, -0.2) is 96.7 Å². The molecule has 17 nitrogen and oxygen atoms in total. The maximum atomic E-state index is 13.0. The van der Waals surface area contributed by atoms with Gasteiger partial charge in [-0.25, -0.2) is 9.13 Å². The number of aliphatic hydroxyl groups is 1. The third-order valence-corrected chi connectivity index (χ3v) is 18.2. The molecule has 0 aromatic heterocycles. The van der Waals surface area contributed by atoms with Gasteiger partial charge in [0.25, 0.3) is 0 Å². The normalized spacial score (nSPS) is 15.0. The van der Waals surface area contributed by atoms with Crippen molar-refractivity contribution >= 4 is 39.5 Å². The summed E-state index contributed by atoms with van der Waals surface area (Å²) in [6.07, 6.45) is 39.0. The Morgan fingerprint density at radius 2 is 0.552 bits per heavy atom. The number of phosphoric ester groups is 2. The molecule has 4 unspecified atom stereocenters. The summed E-state index contributed by atoms with van der Waals surface area (Å²) in [5, 5.41) is 10.6. The van der Waals surface area contributed by atoms with Gasteiger partial charge in [-0.15, -0.1) is 0 Å². The van der Waals surface area contributed by atoms with E-state index < -0.39 is 97.5 Å². The number of rotatable bonds is 65. The first kappa shape index (κ1) is 85.1. The van der Waals surface area contributed by atoms with Crippen LogP contribution < -0.4 is 0 Å². The van der Waals surface area contributed by atoms with Crippen LogP contribution in [0.4, 0.5) is 0 Å². The third-order valence-electron chi connectivity index (χ3n) is 16.3. The molecule has 0 aromatic carbocycles. The molecule has 0 spiro atoms. The van der Waals surface area contributed by atoms with Crippen molar-refractivity contribution in [2.75, 3.05) is 39.6 Å². The molecule has 0 aliphatic heterocycles. The summed E-state index contributed by atoms with van der Waals surface area (Å²) >= 11 is 0. The van der Waals surface area contributed by atoms with Crippen LogP contribution in [0.1, 0.15) is 331 Å². The topological polar surface area (TPSA) is 237 Å². The lowest BCUT2D eigenvalue weighted by molar-refractivity contribution is -0.161. The Hall–Kier alpha value is -1.94. The molecule has 0 amide bonds. The van der Waals surface area contributed by atoms with Crippen molar-refractivity contribution in [2.24, 2.45) is 23.7 Å². The molecule has 0 fully saturated rings. The van der Waals surface area contributed by atoms with Crippen LogP contribution in [0.5, 0.6) is 0 Å². The highest BCUT2D eigenvalue weighted by Gasteiger charge is 2.30. The monoisotopic (exact) mass is 1280 g/mol. The maximum absolute atomic E-state index is 13.0. The quantitative estimate of drug-likeness (QED) is 0.0222. The zero-order chi connectivity index (χ0) is 64.7. The van der Waals surface area contributed by atoms with Crippen molar-refractivity contribution in [3.05, 3.63) is 0 Å². The minimum absolute atomic E-state index is 0.102. The Kier molecular flexibility index (Phi) is 56.6. The molecule has 0 aromatic rings. The van der Waals surface area contributed by atoms with Crippen LogP contribution in [0.3, 0.4) is 0 Å². The van der Waals surface area contributed by atoms with E-state index in [9.17, 15) is 43.2 Å². The summed E-state index contributed by atoms with van der Waals surface area (Å²) in [5.74, 6) is 0.853. The molecule has 0 radical (unpaired) electrons. The lowest BCUT2D eigenvalue weighted by atomic mass is 9.99. The van der Waals surface area contributed by atoms with E-state index in [-0.39, 0.29) is 25.7 Å². The van der Waals surface area contributed by atoms with E-state index in [2.05, 4.69) is 55.4 Å². The molecule has 0 heterocycles. The Bertz CT molecular complexity index is 1730. The summed E-state index contributed by atoms with van der Waals surface area (Å²) in [4.78, 5) is 72.4. The number of ether oxygens (including phenoxy) is 4. The van der Waals surface area contributed by atoms with Gasteiger partial charge in [0, 0.05) is 25.7 Å². The lowest BCUT2D eigenvalue weighted by Crippen LogP contribution is -2.30. The zero-order valence-electron chi connectivity index (χ0n) is 56.6. The smallest absolute Gasteiger partial charge is 0.462 e. The fraction of sp³-hybridized carbons (Fsp3) is 0.941. The fourth-order valence-electron chi connectivity index (χ4n) is 10.1. The molecule has 7 atom stereocenters. The molecule has 87 heavy (non-hydrogen) atoms. The summed E-state index contributed by atoms with van der Waals surface area (Å²) in [6, 6.07) is 0. The van der Waals surface area contributed by atoms with Crippen molar-refractivity contribution in [3.63, 3.8) is 0 Å². The predicted octanol–water partition coefficient (Wildman–Crippen LogP) is 18.9. The molecule has 0 rings (SSSR count). The summed E-state index contributed by atoms with van der Waals surface area (Å²) in [6.45, 7) is 14.0. The van der Waals surface area contributed by atoms with E-state index in [4.69, 9.17) is 37.0 Å². The number of esters is 4. The first-order valence-electron chi connectivity index (χ1n) is 35.3. The Balaban J connectivity index is 5.26. The van der Waals surface area contributed by atoms with Gasteiger partial charge in [-0.1, -0.05) is 280 Å². The summed E-state index contributed by atoms with van der Waals surface area (Å²) in [7, 11) is -9.90. The molecule has 0 aliphatic carbocycles. The Morgan fingerprint density at radius 1 is 0.322 bits per heavy atom. The molecule has 0 bridgehead atoms. The van der Waals surface area contributed by atoms with Gasteiger partial charge in [0.05, 0.1) is 26.4 Å². The van der Waals surface area contributed by atoms with Gasteiger partial charge >= 0.3 is 39.5 Å². The van der Waals surface area contributed by atoms with Crippen molar-refractivity contribution in [3.8, 4) is 0 Å². The molecule has 19 heteroatoms. The summed E-state index contributed by atoms with van der Waals surface area (Å²) in [5.41, 5.74) is 0. The van der Waals surface area contributed by atoms with Gasteiger partial charge in [0.2, 0.25) is 0 Å². The average Bonchev–Trinajstić information content (AvgIpc) is 3.55. The predicted molar refractivity (Wildman–Crippen MR) is 349 cm³/mol. The zero-order valence-corrected chi connectivity index (χ0v) is 58.4. The molecule has 0 saturated carbocycles. The summed E-state index contributed by atoms with van der Waals surface area (Å²) < 4.78 is 68.2. The van der Waals surface area contributed by atoms with E-state index >= 15 is 0 Å². The maximum Gasteiger partial charge on any atom is 0.472 e. The minimum atomic E-state index is -4.95. The van der Waals surface area contributed by atoms with Crippen LogP contribution >= 0.6 is 15.6 Å². The van der Waals surface area contributed by atoms with Crippen LogP contribution in [0.25, 0.3) is 0 Å². The van der Waals surface area contributed by atoms with Crippen molar-refractivity contribution in [2.45, 2.75) is 350 Å². The molecule has 0 aliphatic rings. The second kappa shape index (κ2) is 57.9. The second-order valence-electron chi connectivity index (χ2n) is 26.0. The molecular weight excluding hydrogens is 1150 g/mol. The molecule has 0 saturated heterocycles. The number of hydrogen-bond acceptors (Lipinski definition) is 15. The highest BCUT2D eigenvalue weighted by atomic mass is 31.2. The number of carbonyl (C=O) groups is 4. The first-order chi connectivity index (χ1) is 41.7. The highest BCUT2D eigenvalue weighted by molar-refractivity contribution is 7.47. The van der Waals surface area contributed by atoms with Crippen molar-refractivity contribution in [1.82, 2.24) is 0 Å². The highest BCUT2D eigenvalue weighted by Crippen LogP contribution is 2.45. The minimum Gasteiger partial charge on any atom is -0.462 e. The van der Waals surface area contributed by atoms with E-state index in [0.717, 1.165) is 114 Å². The standard InChI is InChI=1S/C68H132O17P2/c1-9-60(7)46-38-30-22-16-12-14-17-23-32-40-48-65(70)78-54-63(84-67(72)50-42-34-24-18-13-11-15-20-28-36-44-58(3)4)56-82-86(74,75)80-52-62(69)53-81-87(76,77)83-57-64(85-68(73)51-43-35-25-19-21-29-37-45-59(5)6)55-79-66(71)49-41-33-27-26-31-39-47-61(8)10-2/h58-64,69H,9-57H2,1-8H3,(H,74,75)(H,76,77)/t60?,61?,62-,63-,64-/m1/s1. The molecular formula is C68H132O17P2. The van der Waals surface area contributed by atoms with E-state index in [1.807, 2.05) is 0 Å². The number of unbranched alkanes of at least 4 members (excludes halogenated alkanes) is 29. The SMILES string of the molecule is CCC(C)CCCCCCCCCCCCC(=O)OC[C@H](COP(=O)(O)OC[C@@H](O)COP(=O)(O)OC[C@@H](COC(=O)CCCCCCCCC(C)CC)OC(=O)CCCCCCCCCC(C)C)OC(=O)CCCCCCCCCCCCC(C)C. The van der Waals surface area contributed by atoms with Gasteiger partial charge in [0.15, 0.2) is 12.2 Å². The van der Waals surface area contributed by atoms with E-state index in [0.29, 0.717) is 31.6 Å². The average molecular weight is 1280 g/mol. The molecule has 3 N–H and O–H groups in total. The van der Waals surface area contributed by atoms with E-state index in [1.54, 1.807) is 0 Å². The van der Waals surface area contributed by atoms with Gasteiger partial charge in [-0.3, -0.25) is 37.3 Å². The van der Waals surface area contributed by atoms with Crippen LogP contribution in [-0.2, 0) is 65.4 Å². The van der Waals surface area contributed by atoms with Gasteiger partial charge < -0.3 is 33.8 Å². The Morgan fingerprint density at radius 3 is 0.816 bits per heavy atom. The molecule has 516 valence electrons. The number of aliphatic hydroxyl groups excluding tert-OH is 1. The number of phosphoric acid groups is 2. The fourth-order valence-corrected chi connectivity index (χ4v) is 11.7. The van der Waals surface area contributed by atoms with Crippen LogP contribution in [0.15, 0.2) is 0 Å². The second-order valence-corrected chi connectivity index (χ2v) is 28.9. The van der Waals surface area contributed by atoms with Crippen molar-refractivity contribution < 1.29 is 80.2 Å². The third kappa shape index (κ3) is 60.1. The van der Waals surface area contributed by atoms with Gasteiger partial charge in [-0.2, -0.15) is 0 Å².